The summed E-state index contributed by atoms with van der Waals surface area (Å²) in [4.78, 5) is 5.57. The van der Waals surface area contributed by atoms with Gasteiger partial charge in [-0.3, -0.25) is 0 Å². The molecule has 0 spiro atoms. The summed E-state index contributed by atoms with van der Waals surface area (Å²) >= 11 is 1.76. The highest BCUT2D eigenvalue weighted by Gasteiger charge is 2.18. The lowest BCUT2D eigenvalue weighted by molar-refractivity contribution is 0.188. The summed E-state index contributed by atoms with van der Waals surface area (Å²) in [5.74, 6) is 0. The third-order valence-electron chi connectivity index (χ3n) is 2.48. The van der Waals surface area contributed by atoms with Crippen LogP contribution >= 0.6 is 11.3 Å². The maximum absolute atomic E-state index is 5.32. The number of nitrogens with one attached hydrogen (secondary N) is 1. The Morgan fingerprint density at radius 1 is 1.71 bits per heavy atom. The van der Waals surface area contributed by atoms with Crippen LogP contribution in [-0.4, -0.2) is 24.2 Å². The third kappa shape index (κ3) is 2.32. The smallest absolute Gasteiger partial charge is 0.0897 e. The summed E-state index contributed by atoms with van der Waals surface area (Å²) in [6, 6.07) is 0.917. The molecular weight excluding hydrogens is 196 g/mol. The molecule has 2 atom stereocenters. The zero-order chi connectivity index (χ0) is 9.97. The molecule has 0 amide bonds. The van der Waals surface area contributed by atoms with Crippen molar-refractivity contribution in [3.63, 3.8) is 0 Å². The predicted octanol–water partition coefficient (Wildman–Crippen LogP) is 1.89. The van der Waals surface area contributed by atoms with Crippen LogP contribution in [0.1, 0.15) is 29.3 Å². The molecule has 2 unspecified atom stereocenters. The second kappa shape index (κ2) is 4.38. The van der Waals surface area contributed by atoms with Crippen molar-refractivity contribution in [2.75, 3.05) is 13.2 Å². The number of hydrogen-bond donors (Lipinski definition) is 1. The van der Waals surface area contributed by atoms with Crippen LogP contribution in [0.3, 0.4) is 0 Å². The molecule has 1 fully saturated rings. The molecule has 1 saturated heterocycles. The van der Waals surface area contributed by atoms with Crippen molar-refractivity contribution in [1.82, 2.24) is 10.3 Å². The van der Waals surface area contributed by atoms with Crippen molar-refractivity contribution in [3.05, 3.63) is 16.1 Å². The fraction of sp³-hybridized carbons (Fsp3) is 0.700. The van der Waals surface area contributed by atoms with Gasteiger partial charge in [0.15, 0.2) is 0 Å². The monoisotopic (exact) mass is 212 g/mol. The van der Waals surface area contributed by atoms with E-state index < -0.39 is 0 Å². The van der Waals surface area contributed by atoms with E-state index in [2.05, 4.69) is 17.2 Å². The Morgan fingerprint density at radius 3 is 3.14 bits per heavy atom. The van der Waals surface area contributed by atoms with Gasteiger partial charge in [-0.1, -0.05) is 0 Å². The van der Waals surface area contributed by atoms with E-state index in [1.54, 1.807) is 11.3 Å². The number of aryl methyl sites for hydroxylation is 1. The van der Waals surface area contributed by atoms with E-state index in [-0.39, 0.29) is 0 Å². The number of thiazole rings is 1. The van der Waals surface area contributed by atoms with Crippen LogP contribution in [0.25, 0.3) is 0 Å². The lowest BCUT2D eigenvalue weighted by Gasteiger charge is -2.16. The highest BCUT2D eigenvalue weighted by atomic mass is 32.1. The standard InChI is InChI=1S/C10H16N2OS/c1-7(10-5-11-8(2)14-10)12-9-3-4-13-6-9/h5,7,9,12H,3-4,6H2,1-2H3. The van der Waals surface area contributed by atoms with E-state index >= 15 is 0 Å². The molecule has 0 radical (unpaired) electrons. The average molecular weight is 212 g/mol. The summed E-state index contributed by atoms with van der Waals surface area (Å²) in [6.45, 7) is 5.97. The van der Waals surface area contributed by atoms with Crippen LogP contribution in [0.5, 0.6) is 0 Å². The maximum atomic E-state index is 5.32. The first-order chi connectivity index (χ1) is 6.75. The van der Waals surface area contributed by atoms with Crippen molar-refractivity contribution in [2.45, 2.75) is 32.4 Å². The Hall–Kier alpha value is -0.450. The molecule has 0 aromatic carbocycles. The molecular formula is C10H16N2OS. The van der Waals surface area contributed by atoms with Gasteiger partial charge in [0, 0.05) is 29.8 Å². The van der Waals surface area contributed by atoms with Crippen molar-refractivity contribution >= 4 is 11.3 Å². The number of hydrogen-bond acceptors (Lipinski definition) is 4. The largest absolute Gasteiger partial charge is 0.380 e. The first kappa shape index (κ1) is 10.1. The molecule has 1 aromatic heterocycles. The minimum absolute atomic E-state index is 0.396. The van der Waals surface area contributed by atoms with E-state index in [1.807, 2.05) is 13.1 Å². The second-order valence-electron chi connectivity index (χ2n) is 3.73. The van der Waals surface area contributed by atoms with Gasteiger partial charge in [0.25, 0.3) is 0 Å². The second-order valence-corrected chi connectivity index (χ2v) is 5.00. The number of rotatable bonds is 3. The molecule has 2 heterocycles. The molecule has 0 bridgehead atoms. The normalized spacial score (nSPS) is 24.0. The average Bonchev–Trinajstić information content (AvgIpc) is 2.75. The summed E-state index contributed by atoms with van der Waals surface area (Å²) in [5.41, 5.74) is 0. The van der Waals surface area contributed by atoms with Gasteiger partial charge in [-0.2, -0.15) is 0 Å². The molecule has 78 valence electrons. The number of nitrogens with zero attached hydrogens (tertiary/aromatic N) is 1. The van der Waals surface area contributed by atoms with E-state index in [1.165, 1.54) is 4.88 Å². The van der Waals surface area contributed by atoms with Gasteiger partial charge < -0.3 is 10.1 Å². The van der Waals surface area contributed by atoms with Gasteiger partial charge in [0.2, 0.25) is 0 Å². The molecule has 14 heavy (non-hydrogen) atoms. The highest BCUT2D eigenvalue weighted by Crippen LogP contribution is 2.21. The minimum Gasteiger partial charge on any atom is -0.380 e. The van der Waals surface area contributed by atoms with Crippen LogP contribution in [0.15, 0.2) is 6.20 Å². The Kier molecular flexibility index (Phi) is 3.15. The van der Waals surface area contributed by atoms with Gasteiger partial charge in [-0.25, -0.2) is 4.98 Å². The summed E-state index contributed by atoms with van der Waals surface area (Å²) in [5, 5.41) is 4.69. The van der Waals surface area contributed by atoms with Crippen molar-refractivity contribution in [1.29, 1.82) is 0 Å². The summed E-state index contributed by atoms with van der Waals surface area (Å²) < 4.78 is 5.32. The Balaban J connectivity index is 1.91. The first-order valence-corrected chi connectivity index (χ1v) is 5.83. The Labute approximate surface area is 88.5 Å². The predicted molar refractivity (Wildman–Crippen MR) is 57.6 cm³/mol. The van der Waals surface area contributed by atoms with Gasteiger partial charge in [0.05, 0.1) is 11.6 Å². The zero-order valence-electron chi connectivity index (χ0n) is 8.62. The van der Waals surface area contributed by atoms with Crippen LogP contribution in [0.4, 0.5) is 0 Å². The SMILES string of the molecule is Cc1ncc(C(C)NC2CCOC2)s1. The maximum Gasteiger partial charge on any atom is 0.0897 e. The summed E-state index contributed by atoms with van der Waals surface area (Å²) in [6.07, 6.45) is 3.09. The molecule has 2 rings (SSSR count). The fourth-order valence-corrected chi connectivity index (χ4v) is 2.48. The zero-order valence-corrected chi connectivity index (χ0v) is 9.43. The number of ether oxygens (including phenoxy) is 1. The van der Waals surface area contributed by atoms with Crippen LogP contribution in [0.2, 0.25) is 0 Å². The van der Waals surface area contributed by atoms with Gasteiger partial charge >= 0.3 is 0 Å². The molecule has 3 nitrogen and oxygen atoms in total. The van der Waals surface area contributed by atoms with Crippen LogP contribution in [-0.2, 0) is 4.74 Å². The Morgan fingerprint density at radius 2 is 2.57 bits per heavy atom. The molecule has 1 aliphatic rings. The van der Waals surface area contributed by atoms with Crippen molar-refractivity contribution < 1.29 is 4.74 Å². The third-order valence-corrected chi connectivity index (χ3v) is 3.58. The van der Waals surface area contributed by atoms with E-state index in [4.69, 9.17) is 4.74 Å². The lowest BCUT2D eigenvalue weighted by Crippen LogP contribution is -2.31. The highest BCUT2D eigenvalue weighted by molar-refractivity contribution is 7.11. The van der Waals surface area contributed by atoms with Crippen LogP contribution < -0.4 is 5.32 Å². The molecule has 0 aliphatic carbocycles. The van der Waals surface area contributed by atoms with E-state index in [9.17, 15) is 0 Å². The molecule has 1 N–H and O–H groups in total. The number of aromatic nitrogens is 1. The first-order valence-electron chi connectivity index (χ1n) is 5.02. The molecule has 4 heteroatoms. The topological polar surface area (TPSA) is 34.2 Å². The van der Waals surface area contributed by atoms with Gasteiger partial charge in [-0.15, -0.1) is 11.3 Å². The molecule has 0 saturated carbocycles. The van der Waals surface area contributed by atoms with Crippen molar-refractivity contribution in [3.8, 4) is 0 Å². The molecule has 1 aromatic rings. The molecule has 1 aliphatic heterocycles. The van der Waals surface area contributed by atoms with Gasteiger partial charge in [0.1, 0.15) is 0 Å². The van der Waals surface area contributed by atoms with Gasteiger partial charge in [-0.05, 0) is 20.3 Å². The fourth-order valence-electron chi connectivity index (χ4n) is 1.68. The Bertz CT molecular complexity index is 294. The lowest BCUT2D eigenvalue weighted by atomic mass is 10.2. The summed E-state index contributed by atoms with van der Waals surface area (Å²) in [7, 11) is 0. The van der Waals surface area contributed by atoms with Crippen LogP contribution in [0, 0.1) is 6.92 Å². The van der Waals surface area contributed by atoms with Crippen molar-refractivity contribution in [2.24, 2.45) is 0 Å². The van der Waals surface area contributed by atoms with E-state index in [0.29, 0.717) is 12.1 Å². The van der Waals surface area contributed by atoms with E-state index in [0.717, 1.165) is 24.6 Å². The minimum atomic E-state index is 0.396. The quantitative estimate of drug-likeness (QED) is 0.831.